The molecule has 0 bridgehead atoms. The van der Waals surface area contributed by atoms with Crippen molar-refractivity contribution in [1.82, 2.24) is 5.16 Å². The molecule has 0 aliphatic heterocycles. The molecule has 0 aliphatic carbocycles. The molecule has 1 amide bonds. The summed E-state index contributed by atoms with van der Waals surface area (Å²) in [6, 6.07) is 9.98. The second-order valence-electron chi connectivity index (χ2n) is 6.25. The average Bonchev–Trinajstić information content (AvgIpc) is 3.16. The van der Waals surface area contributed by atoms with E-state index in [4.69, 9.17) is 18.7 Å². The van der Waals surface area contributed by atoms with Gasteiger partial charge in [0, 0.05) is 11.3 Å². The number of aromatic nitrogens is 1. The topological polar surface area (TPSA) is 131 Å². The summed E-state index contributed by atoms with van der Waals surface area (Å²) in [5, 5.41) is 6.24. The van der Waals surface area contributed by atoms with Gasteiger partial charge in [0.15, 0.2) is 11.5 Å². The number of hydrogen-bond donors (Lipinski definition) is 1. The van der Waals surface area contributed by atoms with Crippen LogP contribution in [0.1, 0.15) is 16.1 Å². The van der Waals surface area contributed by atoms with Crippen molar-refractivity contribution in [2.75, 3.05) is 26.6 Å². The first-order valence-corrected chi connectivity index (χ1v) is 10.3. The SMILES string of the molecule is COc1cc(C(=O)Nc2ccc(S(=O)(=O)[N-]c3cc(C)on3)cc2)cc(OC)c1OC. The summed E-state index contributed by atoms with van der Waals surface area (Å²) in [5.74, 6) is 0.979. The Morgan fingerprint density at radius 3 is 2.10 bits per heavy atom. The molecule has 0 fully saturated rings. The lowest BCUT2D eigenvalue weighted by Crippen LogP contribution is -2.12. The van der Waals surface area contributed by atoms with Gasteiger partial charge in [-0.15, -0.1) is 0 Å². The molecule has 1 aromatic heterocycles. The standard InChI is InChI=1S/C20H21N3O7S/c1-12-9-18(22-30-12)23-31(25,26)15-7-5-14(6-8-15)21-20(24)13-10-16(27-2)19(29-4)17(11-13)28-3/h5-11H,1-4H3,(H2,21,22,23,24)/p-1. The van der Waals surface area contributed by atoms with E-state index in [0.717, 1.165) is 0 Å². The van der Waals surface area contributed by atoms with E-state index >= 15 is 0 Å². The molecule has 164 valence electrons. The monoisotopic (exact) mass is 446 g/mol. The summed E-state index contributed by atoms with van der Waals surface area (Å²) in [6.07, 6.45) is 0. The van der Waals surface area contributed by atoms with Gasteiger partial charge in [0.2, 0.25) is 15.8 Å². The number of sulfonamides is 1. The predicted octanol–water partition coefficient (Wildman–Crippen LogP) is 3.66. The van der Waals surface area contributed by atoms with Gasteiger partial charge in [0.05, 0.1) is 26.2 Å². The van der Waals surface area contributed by atoms with Crippen LogP contribution in [0.3, 0.4) is 0 Å². The smallest absolute Gasteiger partial charge is 0.255 e. The minimum atomic E-state index is -3.98. The van der Waals surface area contributed by atoms with Crippen LogP contribution in [0.2, 0.25) is 0 Å². The third-order valence-corrected chi connectivity index (χ3v) is 5.46. The van der Waals surface area contributed by atoms with Crippen molar-refractivity contribution in [3.8, 4) is 17.2 Å². The van der Waals surface area contributed by atoms with Gasteiger partial charge in [-0.2, -0.15) is 0 Å². The van der Waals surface area contributed by atoms with E-state index < -0.39 is 15.9 Å². The quantitative estimate of drug-likeness (QED) is 0.555. The fourth-order valence-corrected chi connectivity index (χ4v) is 3.62. The largest absolute Gasteiger partial charge is 0.493 e. The molecular weight excluding hydrogens is 426 g/mol. The Balaban J connectivity index is 1.77. The van der Waals surface area contributed by atoms with Gasteiger partial charge in [-0.25, -0.2) is 8.42 Å². The summed E-state index contributed by atoms with van der Waals surface area (Å²) >= 11 is 0. The van der Waals surface area contributed by atoms with Gasteiger partial charge in [0.1, 0.15) is 5.76 Å². The Morgan fingerprint density at radius 1 is 1.00 bits per heavy atom. The third kappa shape index (κ3) is 4.89. The maximum absolute atomic E-state index is 12.7. The van der Waals surface area contributed by atoms with Crippen LogP contribution in [-0.2, 0) is 10.0 Å². The van der Waals surface area contributed by atoms with E-state index in [1.807, 2.05) is 0 Å². The Hall–Kier alpha value is -3.73. The normalized spacial score (nSPS) is 11.0. The third-order valence-electron chi connectivity index (χ3n) is 4.17. The van der Waals surface area contributed by atoms with Gasteiger partial charge < -0.3 is 28.8 Å². The molecule has 11 heteroatoms. The number of methoxy groups -OCH3 is 3. The van der Waals surface area contributed by atoms with E-state index in [1.54, 1.807) is 6.92 Å². The molecule has 0 aliphatic rings. The average molecular weight is 446 g/mol. The zero-order valence-corrected chi connectivity index (χ0v) is 18.0. The van der Waals surface area contributed by atoms with Crippen molar-refractivity contribution in [3.63, 3.8) is 0 Å². The van der Waals surface area contributed by atoms with Crippen LogP contribution in [0.5, 0.6) is 17.2 Å². The lowest BCUT2D eigenvalue weighted by atomic mass is 10.1. The zero-order chi connectivity index (χ0) is 22.6. The molecule has 0 saturated carbocycles. The first-order chi connectivity index (χ1) is 14.8. The van der Waals surface area contributed by atoms with Crippen LogP contribution in [0, 0.1) is 6.92 Å². The number of aryl methyl sites for hydroxylation is 1. The summed E-state index contributed by atoms with van der Waals surface area (Å²) in [5.41, 5.74) is 0.651. The van der Waals surface area contributed by atoms with Crippen molar-refractivity contribution >= 4 is 27.4 Å². The maximum atomic E-state index is 12.7. The minimum Gasteiger partial charge on any atom is -0.493 e. The second kappa shape index (κ2) is 8.96. The molecular formula is C20H20N3O7S-. The molecule has 0 saturated heterocycles. The predicted molar refractivity (Wildman–Crippen MR) is 112 cm³/mol. The number of rotatable bonds is 8. The lowest BCUT2D eigenvalue weighted by molar-refractivity contribution is 0.102. The molecule has 0 spiro atoms. The van der Waals surface area contributed by atoms with Crippen LogP contribution in [0.25, 0.3) is 4.72 Å². The summed E-state index contributed by atoms with van der Waals surface area (Å²) < 4.78 is 49.0. The molecule has 0 atom stereocenters. The molecule has 1 N–H and O–H groups in total. The van der Waals surface area contributed by atoms with Crippen molar-refractivity contribution in [2.24, 2.45) is 0 Å². The highest BCUT2D eigenvalue weighted by molar-refractivity contribution is 7.94. The van der Waals surface area contributed by atoms with Crippen LogP contribution in [0.4, 0.5) is 11.5 Å². The Kier molecular flexibility index (Phi) is 6.35. The number of anilines is 1. The van der Waals surface area contributed by atoms with Gasteiger partial charge in [-0.1, -0.05) is 0 Å². The van der Waals surface area contributed by atoms with Crippen molar-refractivity contribution in [3.05, 3.63) is 58.5 Å². The van der Waals surface area contributed by atoms with Gasteiger partial charge in [-0.3, -0.25) is 9.95 Å². The van der Waals surface area contributed by atoms with E-state index in [0.29, 0.717) is 28.7 Å². The minimum absolute atomic E-state index is 0.0442. The molecule has 3 rings (SSSR count). The van der Waals surface area contributed by atoms with Crippen LogP contribution < -0.4 is 19.5 Å². The second-order valence-corrected chi connectivity index (χ2v) is 7.86. The Bertz CT molecular complexity index is 1160. The molecule has 31 heavy (non-hydrogen) atoms. The fourth-order valence-electron chi connectivity index (χ4n) is 2.70. The number of nitrogens with one attached hydrogen (secondary N) is 1. The number of hydrogen-bond acceptors (Lipinski definition) is 8. The number of amides is 1. The van der Waals surface area contributed by atoms with Crippen LogP contribution >= 0.6 is 0 Å². The number of nitrogens with zero attached hydrogens (tertiary/aromatic N) is 2. The van der Waals surface area contributed by atoms with Gasteiger partial charge in [0.25, 0.3) is 5.91 Å². The van der Waals surface area contributed by atoms with E-state index in [9.17, 15) is 13.2 Å². The highest BCUT2D eigenvalue weighted by atomic mass is 32.2. The maximum Gasteiger partial charge on any atom is 0.255 e. The van der Waals surface area contributed by atoms with E-state index in [1.165, 1.54) is 63.8 Å². The molecule has 1 heterocycles. The summed E-state index contributed by atoms with van der Waals surface area (Å²) in [4.78, 5) is 12.6. The summed E-state index contributed by atoms with van der Waals surface area (Å²) in [7, 11) is 0.380. The van der Waals surface area contributed by atoms with Gasteiger partial charge >= 0.3 is 0 Å². The molecule has 0 radical (unpaired) electrons. The fraction of sp³-hybridized carbons (Fsp3) is 0.200. The number of carbonyl (C=O) groups excluding carboxylic acids is 1. The first-order valence-electron chi connectivity index (χ1n) is 8.90. The number of carbonyl (C=O) groups is 1. The van der Waals surface area contributed by atoms with Gasteiger partial charge in [-0.05, 0) is 55.2 Å². The van der Waals surface area contributed by atoms with E-state index in [2.05, 4.69) is 15.2 Å². The van der Waals surface area contributed by atoms with Crippen LogP contribution in [-0.4, -0.2) is 40.8 Å². The van der Waals surface area contributed by atoms with Crippen molar-refractivity contribution < 1.29 is 31.9 Å². The number of ether oxygens (including phenoxy) is 3. The van der Waals surface area contributed by atoms with Crippen molar-refractivity contribution in [1.29, 1.82) is 0 Å². The van der Waals surface area contributed by atoms with Crippen LogP contribution in [0.15, 0.2) is 51.9 Å². The molecule has 0 unspecified atom stereocenters. The lowest BCUT2D eigenvalue weighted by Gasteiger charge is -2.14. The zero-order valence-electron chi connectivity index (χ0n) is 17.2. The van der Waals surface area contributed by atoms with E-state index in [-0.39, 0.29) is 16.3 Å². The Labute approximate surface area is 179 Å². The summed E-state index contributed by atoms with van der Waals surface area (Å²) in [6.45, 7) is 1.63. The molecule has 2 aromatic carbocycles. The molecule has 10 nitrogen and oxygen atoms in total. The Morgan fingerprint density at radius 2 is 1.61 bits per heavy atom. The highest BCUT2D eigenvalue weighted by Crippen LogP contribution is 2.38. The van der Waals surface area contributed by atoms with Crippen molar-refractivity contribution in [2.45, 2.75) is 11.8 Å². The number of benzene rings is 2. The molecule has 3 aromatic rings. The first kappa shape index (κ1) is 22.0. The highest BCUT2D eigenvalue weighted by Gasteiger charge is 2.17.